The lowest BCUT2D eigenvalue weighted by Crippen LogP contribution is -2.47. The zero-order valence-electron chi connectivity index (χ0n) is 17.5. The van der Waals surface area contributed by atoms with Gasteiger partial charge in [0, 0.05) is 27.7 Å². The van der Waals surface area contributed by atoms with Gasteiger partial charge in [0.2, 0.25) is 5.72 Å². The van der Waals surface area contributed by atoms with Crippen molar-refractivity contribution in [3.8, 4) is 0 Å². The summed E-state index contributed by atoms with van der Waals surface area (Å²) in [5.41, 5.74) is 3.84. The SMILES string of the molecule is c1ccc(C2=NO[C@@]3(c4ccccc4)C[C@@H](c4ccccc4)Sc4ccccc4N23)cc1. The van der Waals surface area contributed by atoms with Gasteiger partial charge in [0.1, 0.15) is 0 Å². The Bertz CT molecular complexity index is 1260. The molecule has 0 aromatic heterocycles. The van der Waals surface area contributed by atoms with E-state index in [-0.39, 0.29) is 5.25 Å². The molecule has 0 radical (unpaired) electrons. The number of para-hydroxylation sites is 1. The molecule has 4 aromatic rings. The number of benzene rings is 4. The van der Waals surface area contributed by atoms with E-state index in [4.69, 9.17) is 9.99 Å². The standard InChI is InChI=1S/C28H22N2OS/c1-4-12-21(13-5-1)26-20-28(23-16-8-3-9-17-23)30(24-18-10-11-19-25(24)32-26)27(29-31-28)22-14-6-2-7-15-22/h1-19,26H,20H2/t26-,28+/m0/s1. The molecule has 3 nitrogen and oxygen atoms in total. The van der Waals surface area contributed by atoms with Crippen LogP contribution in [0.25, 0.3) is 0 Å². The Kier molecular flexibility index (Phi) is 4.73. The third kappa shape index (κ3) is 3.10. The van der Waals surface area contributed by atoms with Gasteiger partial charge >= 0.3 is 0 Å². The highest BCUT2D eigenvalue weighted by molar-refractivity contribution is 7.99. The Hall–Kier alpha value is -3.50. The molecule has 156 valence electrons. The molecule has 2 aliphatic rings. The zero-order valence-corrected chi connectivity index (χ0v) is 18.3. The first-order chi connectivity index (χ1) is 15.9. The summed E-state index contributed by atoms with van der Waals surface area (Å²) in [6.45, 7) is 0. The molecule has 0 amide bonds. The molecular formula is C28H22N2OS. The Labute approximate surface area is 192 Å². The van der Waals surface area contributed by atoms with E-state index in [1.165, 1.54) is 10.5 Å². The summed E-state index contributed by atoms with van der Waals surface area (Å²) >= 11 is 1.90. The zero-order chi connectivity index (χ0) is 21.4. The molecule has 0 aliphatic carbocycles. The van der Waals surface area contributed by atoms with Crippen molar-refractivity contribution in [2.75, 3.05) is 4.90 Å². The van der Waals surface area contributed by atoms with E-state index in [1.54, 1.807) is 0 Å². The molecule has 4 heteroatoms. The number of oxime groups is 1. The Morgan fingerprint density at radius 3 is 2.12 bits per heavy atom. The van der Waals surface area contributed by atoms with Crippen molar-refractivity contribution < 1.29 is 4.84 Å². The molecule has 0 N–H and O–H groups in total. The van der Waals surface area contributed by atoms with Crippen LogP contribution >= 0.6 is 11.8 Å². The maximum atomic E-state index is 6.49. The van der Waals surface area contributed by atoms with Crippen molar-refractivity contribution >= 4 is 23.3 Å². The van der Waals surface area contributed by atoms with Crippen molar-refractivity contribution in [1.29, 1.82) is 0 Å². The summed E-state index contributed by atoms with van der Waals surface area (Å²) in [5.74, 6) is 0.844. The topological polar surface area (TPSA) is 24.8 Å². The largest absolute Gasteiger partial charge is 0.360 e. The van der Waals surface area contributed by atoms with Crippen LogP contribution < -0.4 is 4.90 Å². The van der Waals surface area contributed by atoms with Crippen LogP contribution in [0.2, 0.25) is 0 Å². The summed E-state index contributed by atoms with van der Waals surface area (Å²) in [6, 6.07) is 40.1. The quantitative estimate of drug-likeness (QED) is 0.348. The van der Waals surface area contributed by atoms with Crippen LogP contribution in [-0.2, 0) is 10.6 Å². The van der Waals surface area contributed by atoms with E-state index in [0.717, 1.165) is 29.1 Å². The highest BCUT2D eigenvalue weighted by atomic mass is 32.2. The summed E-state index contributed by atoms with van der Waals surface area (Å²) in [5, 5.41) is 4.92. The van der Waals surface area contributed by atoms with Crippen LogP contribution in [0.15, 0.2) is 125 Å². The molecule has 0 spiro atoms. The number of amidine groups is 1. The van der Waals surface area contributed by atoms with Crippen LogP contribution in [0.1, 0.15) is 28.4 Å². The van der Waals surface area contributed by atoms with Crippen LogP contribution in [0.4, 0.5) is 5.69 Å². The van der Waals surface area contributed by atoms with Gasteiger partial charge in [-0.3, -0.25) is 4.90 Å². The highest BCUT2D eigenvalue weighted by Crippen LogP contribution is 2.56. The normalized spacial score (nSPS) is 21.7. The average Bonchev–Trinajstić information content (AvgIpc) is 3.18. The molecule has 0 bridgehead atoms. The van der Waals surface area contributed by atoms with Gasteiger partial charge in [-0.25, -0.2) is 0 Å². The average molecular weight is 435 g/mol. The number of nitrogens with zero attached hydrogens (tertiary/aromatic N) is 2. The molecule has 0 fully saturated rings. The first kappa shape index (κ1) is 19.2. The van der Waals surface area contributed by atoms with Crippen molar-refractivity contribution in [1.82, 2.24) is 0 Å². The van der Waals surface area contributed by atoms with Crippen molar-refractivity contribution in [2.45, 2.75) is 22.3 Å². The predicted molar refractivity (Wildman–Crippen MR) is 131 cm³/mol. The number of anilines is 1. The summed E-state index contributed by atoms with van der Waals surface area (Å²) < 4.78 is 0. The summed E-state index contributed by atoms with van der Waals surface area (Å²) in [4.78, 5) is 10.0. The lowest BCUT2D eigenvalue weighted by molar-refractivity contribution is -0.0283. The third-order valence-corrected chi connectivity index (χ3v) is 7.44. The van der Waals surface area contributed by atoms with Gasteiger partial charge in [0.25, 0.3) is 0 Å². The van der Waals surface area contributed by atoms with Crippen molar-refractivity contribution in [3.05, 3.63) is 132 Å². The minimum atomic E-state index is -0.730. The molecule has 0 saturated carbocycles. The molecular weight excluding hydrogens is 412 g/mol. The van der Waals surface area contributed by atoms with Crippen LogP contribution in [0.3, 0.4) is 0 Å². The van der Waals surface area contributed by atoms with Gasteiger partial charge in [-0.15, -0.1) is 11.8 Å². The van der Waals surface area contributed by atoms with Crippen molar-refractivity contribution in [3.63, 3.8) is 0 Å². The van der Waals surface area contributed by atoms with E-state index in [0.29, 0.717) is 0 Å². The number of thioether (sulfide) groups is 1. The van der Waals surface area contributed by atoms with E-state index in [9.17, 15) is 0 Å². The maximum absolute atomic E-state index is 6.49. The summed E-state index contributed by atoms with van der Waals surface area (Å²) in [6.07, 6.45) is 0.764. The molecule has 2 atom stereocenters. The molecule has 0 saturated heterocycles. The lowest BCUT2D eigenvalue weighted by atomic mass is 9.92. The van der Waals surface area contributed by atoms with E-state index < -0.39 is 5.72 Å². The molecule has 0 unspecified atom stereocenters. The molecule has 4 aromatic carbocycles. The van der Waals surface area contributed by atoms with E-state index in [1.807, 2.05) is 36.0 Å². The third-order valence-electron chi connectivity index (χ3n) is 6.12. The number of rotatable bonds is 3. The minimum Gasteiger partial charge on any atom is -0.360 e. The summed E-state index contributed by atoms with van der Waals surface area (Å²) in [7, 11) is 0. The molecule has 2 heterocycles. The fourth-order valence-corrected chi connectivity index (χ4v) is 5.96. The highest BCUT2D eigenvalue weighted by Gasteiger charge is 2.52. The second-order valence-electron chi connectivity index (χ2n) is 8.05. The number of fused-ring (bicyclic) bond motifs is 3. The predicted octanol–water partition coefficient (Wildman–Crippen LogP) is 6.98. The Balaban J connectivity index is 1.59. The van der Waals surface area contributed by atoms with Crippen LogP contribution in [0.5, 0.6) is 0 Å². The van der Waals surface area contributed by atoms with Gasteiger partial charge in [-0.05, 0) is 17.7 Å². The fraction of sp³-hybridized carbons (Fsp3) is 0.107. The van der Waals surface area contributed by atoms with E-state index >= 15 is 0 Å². The maximum Gasteiger partial charge on any atom is 0.242 e. The Morgan fingerprint density at radius 1 is 0.750 bits per heavy atom. The lowest BCUT2D eigenvalue weighted by Gasteiger charge is -2.37. The van der Waals surface area contributed by atoms with Gasteiger partial charge in [-0.1, -0.05) is 108 Å². The monoisotopic (exact) mass is 434 g/mol. The Morgan fingerprint density at radius 2 is 1.38 bits per heavy atom. The fourth-order valence-electron chi connectivity index (χ4n) is 4.62. The second-order valence-corrected chi connectivity index (χ2v) is 9.29. The van der Waals surface area contributed by atoms with Crippen LogP contribution in [0, 0.1) is 0 Å². The number of hydrogen-bond acceptors (Lipinski definition) is 4. The second kappa shape index (κ2) is 7.88. The van der Waals surface area contributed by atoms with Gasteiger partial charge in [0.15, 0.2) is 5.84 Å². The van der Waals surface area contributed by atoms with Crippen LogP contribution in [-0.4, -0.2) is 5.84 Å². The van der Waals surface area contributed by atoms with Crippen molar-refractivity contribution in [2.24, 2.45) is 5.16 Å². The molecule has 6 rings (SSSR count). The minimum absolute atomic E-state index is 0.216. The first-order valence-electron chi connectivity index (χ1n) is 10.8. The first-order valence-corrected chi connectivity index (χ1v) is 11.7. The van der Waals surface area contributed by atoms with Gasteiger partial charge < -0.3 is 4.84 Å². The molecule has 32 heavy (non-hydrogen) atoms. The van der Waals surface area contributed by atoms with Gasteiger partial charge in [0.05, 0.1) is 5.69 Å². The molecule has 2 aliphatic heterocycles. The number of hydrogen-bond donors (Lipinski definition) is 0. The van der Waals surface area contributed by atoms with Gasteiger partial charge in [-0.2, -0.15) is 0 Å². The van der Waals surface area contributed by atoms with E-state index in [2.05, 4.69) is 95.9 Å². The smallest absolute Gasteiger partial charge is 0.242 e.